The molecule has 1 amide bonds. The minimum atomic E-state index is 0.128. The molecule has 27 heavy (non-hydrogen) atoms. The molecule has 2 heterocycles. The Morgan fingerprint density at radius 3 is 2.33 bits per heavy atom. The van der Waals surface area contributed by atoms with Gasteiger partial charge in [-0.3, -0.25) is 4.79 Å². The van der Waals surface area contributed by atoms with Crippen molar-refractivity contribution >= 4 is 28.4 Å². The zero-order chi connectivity index (χ0) is 18.8. The number of pyridine rings is 1. The maximum Gasteiger partial charge on any atom is 0.254 e. The Morgan fingerprint density at radius 2 is 1.63 bits per heavy atom. The number of fused-ring (bicyclic) bond motifs is 1. The number of para-hydroxylation sites is 1. The molecule has 0 atom stereocenters. The lowest BCUT2D eigenvalue weighted by Gasteiger charge is -2.23. The molecule has 1 aliphatic heterocycles. The monoisotopic (exact) mass is 378 g/mol. The number of hydrogen-bond donors (Lipinski definition) is 0. The van der Waals surface area contributed by atoms with Gasteiger partial charge in [0, 0.05) is 29.1 Å². The average molecular weight is 379 g/mol. The number of aromatic nitrogens is 1. The SMILES string of the molecule is Cc1c(-c2ccc(Cl)cc2)nc2ccccc2c1C(=O)N1CCCCCC1. The fraction of sp³-hybridized carbons (Fsp3) is 0.304. The molecule has 0 spiro atoms. The van der Waals surface area contributed by atoms with Gasteiger partial charge in [0.25, 0.3) is 5.91 Å². The van der Waals surface area contributed by atoms with Crippen LogP contribution in [0.4, 0.5) is 0 Å². The summed E-state index contributed by atoms with van der Waals surface area (Å²) in [5, 5.41) is 1.63. The standard InChI is InChI=1S/C23H23ClN2O/c1-16-21(23(27)26-14-6-2-3-7-15-26)19-8-4-5-9-20(19)25-22(16)17-10-12-18(24)13-11-17/h4-5,8-13H,2-3,6-7,14-15H2,1H3. The van der Waals surface area contributed by atoms with Gasteiger partial charge in [-0.15, -0.1) is 0 Å². The lowest BCUT2D eigenvalue weighted by molar-refractivity contribution is 0.0763. The third-order valence-corrected chi connectivity index (χ3v) is 5.61. The van der Waals surface area contributed by atoms with E-state index >= 15 is 0 Å². The van der Waals surface area contributed by atoms with Crippen LogP contribution in [0.1, 0.15) is 41.6 Å². The van der Waals surface area contributed by atoms with E-state index in [0.29, 0.717) is 5.02 Å². The number of halogens is 1. The van der Waals surface area contributed by atoms with E-state index in [1.807, 2.05) is 60.4 Å². The molecule has 0 saturated carbocycles. The second-order valence-corrected chi connectivity index (χ2v) is 7.63. The van der Waals surface area contributed by atoms with E-state index in [9.17, 15) is 4.79 Å². The summed E-state index contributed by atoms with van der Waals surface area (Å²) >= 11 is 6.05. The van der Waals surface area contributed by atoms with E-state index in [4.69, 9.17) is 16.6 Å². The highest BCUT2D eigenvalue weighted by atomic mass is 35.5. The topological polar surface area (TPSA) is 33.2 Å². The minimum absolute atomic E-state index is 0.128. The number of benzene rings is 2. The van der Waals surface area contributed by atoms with Crippen LogP contribution in [0.5, 0.6) is 0 Å². The molecule has 0 aliphatic carbocycles. The maximum absolute atomic E-state index is 13.5. The molecule has 0 N–H and O–H groups in total. The first-order chi connectivity index (χ1) is 13.1. The molecule has 0 unspecified atom stereocenters. The van der Waals surface area contributed by atoms with E-state index < -0.39 is 0 Å². The number of hydrogen-bond acceptors (Lipinski definition) is 2. The first kappa shape index (κ1) is 18.0. The Labute approximate surface area is 165 Å². The number of carbonyl (C=O) groups is 1. The molecule has 0 radical (unpaired) electrons. The fourth-order valence-electron chi connectivity index (χ4n) is 3.90. The highest BCUT2D eigenvalue weighted by Gasteiger charge is 2.24. The summed E-state index contributed by atoms with van der Waals surface area (Å²) in [6.07, 6.45) is 4.57. The Morgan fingerprint density at radius 1 is 0.963 bits per heavy atom. The molecule has 1 aromatic heterocycles. The average Bonchev–Trinajstić information content (AvgIpc) is 2.97. The van der Waals surface area contributed by atoms with Crippen LogP contribution in [-0.2, 0) is 0 Å². The molecule has 2 aromatic carbocycles. The van der Waals surface area contributed by atoms with Crippen molar-refractivity contribution in [3.8, 4) is 11.3 Å². The van der Waals surface area contributed by atoms with Crippen LogP contribution in [0, 0.1) is 6.92 Å². The molecule has 0 bridgehead atoms. The molecule has 3 aromatic rings. The van der Waals surface area contributed by atoms with Gasteiger partial charge < -0.3 is 4.90 Å². The number of carbonyl (C=O) groups excluding carboxylic acids is 1. The van der Waals surface area contributed by atoms with Crippen molar-refractivity contribution in [2.75, 3.05) is 13.1 Å². The number of nitrogens with zero attached hydrogens (tertiary/aromatic N) is 2. The second kappa shape index (κ2) is 7.69. The number of amides is 1. The molecular formula is C23H23ClN2O. The van der Waals surface area contributed by atoms with Gasteiger partial charge in [-0.05, 0) is 43.5 Å². The van der Waals surface area contributed by atoms with Gasteiger partial charge in [0.05, 0.1) is 16.8 Å². The van der Waals surface area contributed by atoms with Crippen LogP contribution in [0.15, 0.2) is 48.5 Å². The number of likely N-dealkylation sites (tertiary alicyclic amines) is 1. The van der Waals surface area contributed by atoms with Gasteiger partial charge in [0.15, 0.2) is 0 Å². The molecule has 4 rings (SSSR count). The van der Waals surface area contributed by atoms with E-state index in [2.05, 4.69) is 0 Å². The predicted molar refractivity (Wildman–Crippen MR) is 111 cm³/mol. The molecule has 1 saturated heterocycles. The zero-order valence-corrected chi connectivity index (χ0v) is 16.3. The number of rotatable bonds is 2. The summed E-state index contributed by atoms with van der Waals surface area (Å²) in [6, 6.07) is 15.6. The molecule has 1 aliphatic rings. The molecule has 138 valence electrons. The highest BCUT2D eigenvalue weighted by Crippen LogP contribution is 2.31. The lowest BCUT2D eigenvalue weighted by Crippen LogP contribution is -2.32. The van der Waals surface area contributed by atoms with Gasteiger partial charge >= 0.3 is 0 Å². The van der Waals surface area contributed by atoms with E-state index in [1.165, 1.54) is 12.8 Å². The van der Waals surface area contributed by atoms with Crippen molar-refractivity contribution in [2.24, 2.45) is 0 Å². The lowest BCUT2D eigenvalue weighted by atomic mass is 9.96. The van der Waals surface area contributed by atoms with Crippen molar-refractivity contribution in [2.45, 2.75) is 32.6 Å². The van der Waals surface area contributed by atoms with Crippen molar-refractivity contribution in [1.29, 1.82) is 0 Å². The van der Waals surface area contributed by atoms with Crippen LogP contribution in [0.25, 0.3) is 22.2 Å². The first-order valence-electron chi connectivity index (χ1n) is 9.60. The van der Waals surface area contributed by atoms with Gasteiger partial charge in [0.1, 0.15) is 0 Å². The fourth-order valence-corrected chi connectivity index (χ4v) is 4.03. The van der Waals surface area contributed by atoms with Gasteiger partial charge in [0.2, 0.25) is 0 Å². The molecular weight excluding hydrogens is 356 g/mol. The molecule has 4 heteroatoms. The van der Waals surface area contributed by atoms with Crippen molar-refractivity contribution in [3.63, 3.8) is 0 Å². The first-order valence-corrected chi connectivity index (χ1v) is 9.97. The summed E-state index contributed by atoms with van der Waals surface area (Å²) in [7, 11) is 0. The Balaban J connectivity index is 1.88. The summed E-state index contributed by atoms with van der Waals surface area (Å²) in [5.41, 5.74) is 4.40. The second-order valence-electron chi connectivity index (χ2n) is 7.19. The Kier molecular flexibility index (Phi) is 5.13. The van der Waals surface area contributed by atoms with Crippen LogP contribution >= 0.6 is 11.6 Å². The summed E-state index contributed by atoms with van der Waals surface area (Å²) in [4.78, 5) is 20.4. The maximum atomic E-state index is 13.5. The van der Waals surface area contributed by atoms with E-state index in [0.717, 1.165) is 59.2 Å². The van der Waals surface area contributed by atoms with Crippen LogP contribution < -0.4 is 0 Å². The van der Waals surface area contributed by atoms with Crippen LogP contribution in [0.2, 0.25) is 5.02 Å². The third kappa shape index (κ3) is 3.57. The summed E-state index contributed by atoms with van der Waals surface area (Å²) in [6.45, 7) is 3.69. The molecule has 3 nitrogen and oxygen atoms in total. The molecule has 1 fully saturated rings. The predicted octanol–water partition coefficient (Wildman–Crippen LogP) is 5.88. The van der Waals surface area contributed by atoms with Crippen molar-refractivity contribution < 1.29 is 4.79 Å². The highest BCUT2D eigenvalue weighted by molar-refractivity contribution is 6.30. The van der Waals surface area contributed by atoms with Gasteiger partial charge in [-0.1, -0.05) is 54.8 Å². The smallest absolute Gasteiger partial charge is 0.254 e. The van der Waals surface area contributed by atoms with Crippen LogP contribution in [0.3, 0.4) is 0 Å². The van der Waals surface area contributed by atoms with Gasteiger partial charge in [-0.2, -0.15) is 0 Å². The summed E-state index contributed by atoms with van der Waals surface area (Å²) < 4.78 is 0. The summed E-state index contributed by atoms with van der Waals surface area (Å²) in [5.74, 6) is 0.128. The Bertz CT molecular complexity index is 974. The normalized spacial score (nSPS) is 15.0. The largest absolute Gasteiger partial charge is 0.339 e. The van der Waals surface area contributed by atoms with Gasteiger partial charge in [-0.25, -0.2) is 4.98 Å². The third-order valence-electron chi connectivity index (χ3n) is 5.36. The van der Waals surface area contributed by atoms with E-state index in [1.54, 1.807) is 0 Å². The van der Waals surface area contributed by atoms with Crippen molar-refractivity contribution in [3.05, 3.63) is 64.7 Å². The minimum Gasteiger partial charge on any atom is -0.339 e. The van der Waals surface area contributed by atoms with Crippen LogP contribution in [-0.4, -0.2) is 28.9 Å². The van der Waals surface area contributed by atoms with E-state index in [-0.39, 0.29) is 5.91 Å². The Hall–Kier alpha value is -2.39. The quantitative estimate of drug-likeness (QED) is 0.557. The van der Waals surface area contributed by atoms with Crippen molar-refractivity contribution in [1.82, 2.24) is 9.88 Å². The zero-order valence-electron chi connectivity index (χ0n) is 15.5.